The van der Waals surface area contributed by atoms with Crippen molar-refractivity contribution in [2.75, 3.05) is 13.2 Å². The number of ether oxygens (including phenoxy) is 3. The number of hydrogen-bond donors (Lipinski definition) is 0. The lowest BCUT2D eigenvalue weighted by Crippen LogP contribution is -2.30. The van der Waals surface area contributed by atoms with E-state index < -0.39 is 6.10 Å². The Hall–Kier alpha value is -2.11. The lowest BCUT2D eigenvalue weighted by atomic mass is 10.0. The van der Waals surface area contributed by atoms with Crippen molar-refractivity contribution >= 4 is 17.9 Å². The van der Waals surface area contributed by atoms with Crippen LogP contribution in [0.4, 0.5) is 0 Å². The molecular formula is C55H102O6. The molecule has 0 saturated carbocycles. The Morgan fingerprint density at radius 2 is 0.557 bits per heavy atom. The lowest BCUT2D eigenvalue weighted by molar-refractivity contribution is -0.167. The molecule has 0 rings (SSSR count). The number of unbranched alkanes of at least 4 members (excludes halogenated alkanes) is 34. The second kappa shape index (κ2) is 50.5. The summed E-state index contributed by atoms with van der Waals surface area (Å²) in [5, 5.41) is 0. The molecule has 0 saturated heterocycles. The number of carbonyl (C=O) groups excluding carboxylic acids is 3. The molecule has 61 heavy (non-hydrogen) atoms. The zero-order chi connectivity index (χ0) is 44.4. The summed E-state index contributed by atoms with van der Waals surface area (Å²) in [7, 11) is 0. The standard InChI is InChI=1S/C55H102O6/c1-4-7-10-13-16-19-22-24-26-27-29-30-33-36-39-42-45-48-54(57)60-51-52(50-59-53(56)47-44-41-38-35-32-21-18-15-12-9-6-3)61-55(58)49-46-43-40-37-34-31-28-25-23-20-17-14-11-8-5-2/h15,18,24,26,52H,4-14,16-17,19-23,25,27-51H2,1-3H3/b18-15-,26-24-. The summed E-state index contributed by atoms with van der Waals surface area (Å²) in [6.07, 6.45) is 57.3. The van der Waals surface area contributed by atoms with Gasteiger partial charge in [0.2, 0.25) is 0 Å². The smallest absolute Gasteiger partial charge is 0.306 e. The first-order chi connectivity index (χ1) is 30.0. The van der Waals surface area contributed by atoms with Gasteiger partial charge in [0.25, 0.3) is 0 Å². The lowest BCUT2D eigenvalue weighted by Gasteiger charge is -2.18. The van der Waals surface area contributed by atoms with Gasteiger partial charge in [0.15, 0.2) is 6.10 Å². The summed E-state index contributed by atoms with van der Waals surface area (Å²) in [6, 6.07) is 0. The van der Waals surface area contributed by atoms with Gasteiger partial charge in [0.05, 0.1) is 0 Å². The highest BCUT2D eigenvalue weighted by Gasteiger charge is 2.19. The average Bonchev–Trinajstić information content (AvgIpc) is 3.26. The van der Waals surface area contributed by atoms with Gasteiger partial charge in [0, 0.05) is 19.3 Å². The molecular weight excluding hydrogens is 757 g/mol. The van der Waals surface area contributed by atoms with Gasteiger partial charge >= 0.3 is 17.9 Å². The van der Waals surface area contributed by atoms with Crippen LogP contribution >= 0.6 is 0 Å². The molecule has 358 valence electrons. The van der Waals surface area contributed by atoms with Crippen LogP contribution < -0.4 is 0 Å². The van der Waals surface area contributed by atoms with Crippen LogP contribution in [-0.4, -0.2) is 37.2 Å². The van der Waals surface area contributed by atoms with E-state index in [1.807, 2.05) is 0 Å². The molecule has 6 nitrogen and oxygen atoms in total. The van der Waals surface area contributed by atoms with Crippen LogP contribution in [0.25, 0.3) is 0 Å². The van der Waals surface area contributed by atoms with Crippen LogP contribution in [0.1, 0.15) is 290 Å². The summed E-state index contributed by atoms with van der Waals surface area (Å²) in [6.45, 7) is 6.62. The van der Waals surface area contributed by atoms with E-state index in [2.05, 4.69) is 45.1 Å². The van der Waals surface area contributed by atoms with Crippen molar-refractivity contribution in [1.29, 1.82) is 0 Å². The number of esters is 3. The first kappa shape index (κ1) is 58.9. The third-order valence-corrected chi connectivity index (χ3v) is 11.9. The molecule has 0 aliphatic heterocycles. The first-order valence-corrected chi connectivity index (χ1v) is 26.8. The topological polar surface area (TPSA) is 78.9 Å². The van der Waals surface area contributed by atoms with Crippen molar-refractivity contribution < 1.29 is 28.6 Å². The van der Waals surface area contributed by atoms with Gasteiger partial charge in [-0.05, 0) is 64.2 Å². The summed E-state index contributed by atoms with van der Waals surface area (Å²) in [4.78, 5) is 38.0. The van der Waals surface area contributed by atoms with Crippen LogP contribution in [0, 0.1) is 0 Å². The van der Waals surface area contributed by atoms with E-state index >= 15 is 0 Å². The Morgan fingerprint density at radius 3 is 0.869 bits per heavy atom. The minimum atomic E-state index is -0.771. The van der Waals surface area contributed by atoms with E-state index in [0.29, 0.717) is 19.3 Å². The van der Waals surface area contributed by atoms with Crippen LogP contribution in [0.3, 0.4) is 0 Å². The molecule has 6 heteroatoms. The fourth-order valence-electron chi connectivity index (χ4n) is 7.83. The zero-order valence-electron chi connectivity index (χ0n) is 40.9. The summed E-state index contributed by atoms with van der Waals surface area (Å²) >= 11 is 0. The number of hydrogen-bond acceptors (Lipinski definition) is 6. The zero-order valence-corrected chi connectivity index (χ0v) is 40.9. The molecule has 1 atom stereocenters. The van der Waals surface area contributed by atoms with Crippen LogP contribution in [0.15, 0.2) is 24.3 Å². The first-order valence-electron chi connectivity index (χ1n) is 26.8. The molecule has 0 aliphatic carbocycles. The number of allylic oxidation sites excluding steroid dienone is 4. The Labute approximate surface area is 379 Å². The molecule has 0 heterocycles. The summed E-state index contributed by atoms with van der Waals surface area (Å²) in [5.74, 6) is -0.872. The number of rotatable bonds is 49. The van der Waals surface area contributed by atoms with E-state index in [1.54, 1.807) is 0 Å². The van der Waals surface area contributed by atoms with Gasteiger partial charge in [-0.15, -0.1) is 0 Å². The Morgan fingerprint density at radius 1 is 0.311 bits per heavy atom. The Bertz CT molecular complexity index is 989. The largest absolute Gasteiger partial charge is 0.462 e. The van der Waals surface area contributed by atoms with Gasteiger partial charge in [-0.1, -0.05) is 231 Å². The van der Waals surface area contributed by atoms with Crippen molar-refractivity contribution in [3.05, 3.63) is 24.3 Å². The van der Waals surface area contributed by atoms with E-state index in [4.69, 9.17) is 14.2 Å². The van der Waals surface area contributed by atoms with Gasteiger partial charge in [0.1, 0.15) is 13.2 Å². The van der Waals surface area contributed by atoms with Gasteiger partial charge in [-0.25, -0.2) is 0 Å². The van der Waals surface area contributed by atoms with Crippen molar-refractivity contribution in [2.45, 2.75) is 297 Å². The molecule has 0 N–H and O–H groups in total. The highest BCUT2D eigenvalue weighted by molar-refractivity contribution is 5.71. The molecule has 0 fully saturated rings. The maximum absolute atomic E-state index is 12.8. The Balaban J connectivity index is 4.32. The van der Waals surface area contributed by atoms with Crippen LogP contribution in [-0.2, 0) is 28.6 Å². The van der Waals surface area contributed by atoms with E-state index in [1.165, 1.54) is 186 Å². The molecule has 0 aromatic carbocycles. The minimum Gasteiger partial charge on any atom is -0.462 e. The summed E-state index contributed by atoms with van der Waals surface area (Å²) in [5.41, 5.74) is 0. The number of carbonyl (C=O) groups is 3. The SMILES string of the molecule is CCCC/C=C\CCCCCCCC(=O)OCC(COC(=O)CCCCCCCCC/C=C\CCCCCCCC)OC(=O)CCCCCCCCCCCCCCCCC. The predicted molar refractivity (Wildman–Crippen MR) is 261 cm³/mol. The van der Waals surface area contributed by atoms with Crippen molar-refractivity contribution in [2.24, 2.45) is 0 Å². The van der Waals surface area contributed by atoms with Gasteiger partial charge < -0.3 is 14.2 Å². The fraction of sp³-hybridized carbons (Fsp3) is 0.873. The van der Waals surface area contributed by atoms with Crippen molar-refractivity contribution in [3.8, 4) is 0 Å². The molecule has 0 aliphatic rings. The molecule has 0 bridgehead atoms. The van der Waals surface area contributed by atoms with Gasteiger partial charge in [-0.3, -0.25) is 14.4 Å². The molecule has 0 amide bonds. The van der Waals surface area contributed by atoms with E-state index in [0.717, 1.165) is 64.2 Å². The molecule has 0 spiro atoms. The van der Waals surface area contributed by atoms with E-state index in [9.17, 15) is 14.4 Å². The van der Waals surface area contributed by atoms with Crippen LogP contribution in [0.2, 0.25) is 0 Å². The molecule has 0 aromatic rings. The molecule has 1 unspecified atom stereocenters. The normalized spacial score (nSPS) is 12.1. The summed E-state index contributed by atoms with van der Waals surface area (Å²) < 4.78 is 16.8. The highest BCUT2D eigenvalue weighted by atomic mass is 16.6. The van der Waals surface area contributed by atoms with Crippen LogP contribution in [0.5, 0.6) is 0 Å². The second-order valence-corrected chi connectivity index (χ2v) is 18.1. The Kier molecular flexibility index (Phi) is 48.8. The third-order valence-electron chi connectivity index (χ3n) is 11.9. The highest BCUT2D eigenvalue weighted by Crippen LogP contribution is 2.16. The van der Waals surface area contributed by atoms with Crippen molar-refractivity contribution in [3.63, 3.8) is 0 Å². The maximum atomic E-state index is 12.8. The maximum Gasteiger partial charge on any atom is 0.306 e. The van der Waals surface area contributed by atoms with Gasteiger partial charge in [-0.2, -0.15) is 0 Å². The van der Waals surface area contributed by atoms with E-state index in [-0.39, 0.29) is 31.1 Å². The monoisotopic (exact) mass is 859 g/mol. The predicted octanol–water partition coefficient (Wildman–Crippen LogP) is 17.5. The average molecular weight is 859 g/mol. The molecule has 0 aromatic heterocycles. The second-order valence-electron chi connectivity index (χ2n) is 18.1. The van der Waals surface area contributed by atoms with Crippen molar-refractivity contribution in [1.82, 2.24) is 0 Å². The minimum absolute atomic E-state index is 0.0724. The fourth-order valence-corrected chi connectivity index (χ4v) is 7.83. The third kappa shape index (κ3) is 48.8. The molecule has 0 radical (unpaired) electrons. The quantitative estimate of drug-likeness (QED) is 0.0262.